The number of carbonyl (C=O) groups is 2. The number of hydrogen-bond donors (Lipinski definition) is 2. The quantitative estimate of drug-likeness (QED) is 0.892. The second-order valence-corrected chi connectivity index (χ2v) is 6.91. The summed E-state index contributed by atoms with van der Waals surface area (Å²) in [5, 5.41) is 6.78. The number of rotatable bonds is 3. The van der Waals surface area contributed by atoms with Gasteiger partial charge in [0.1, 0.15) is 5.69 Å². The van der Waals surface area contributed by atoms with Crippen LogP contribution in [0.5, 0.6) is 0 Å². The van der Waals surface area contributed by atoms with Gasteiger partial charge in [0.2, 0.25) is 5.91 Å². The number of primary amides is 1. The third-order valence-electron chi connectivity index (χ3n) is 3.71. The molecule has 0 spiro atoms. The van der Waals surface area contributed by atoms with Gasteiger partial charge >= 0.3 is 0 Å². The molecule has 1 aliphatic heterocycles. The highest BCUT2D eigenvalue weighted by atomic mass is 16.2. The number of hydrogen-bond acceptors (Lipinski definition) is 3. The Kier molecular flexibility index (Phi) is 4.34. The first-order valence-corrected chi connectivity index (χ1v) is 7.42. The molecule has 1 unspecified atom stereocenters. The molecule has 1 aliphatic rings. The molecule has 1 fully saturated rings. The van der Waals surface area contributed by atoms with Crippen LogP contribution in [0.25, 0.3) is 0 Å². The van der Waals surface area contributed by atoms with Gasteiger partial charge in [0, 0.05) is 13.0 Å². The normalized spacial score (nSPS) is 19.6. The summed E-state index contributed by atoms with van der Waals surface area (Å²) in [4.78, 5) is 25.6. The minimum absolute atomic E-state index is 0.0331. The monoisotopic (exact) mass is 292 g/mol. The van der Waals surface area contributed by atoms with Crippen molar-refractivity contribution in [2.45, 2.75) is 52.5 Å². The summed E-state index contributed by atoms with van der Waals surface area (Å²) < 4.78 is 0. The molecule has 2 rings (SSSR count). The molecule has 1 aromatic heterocycles. The van der Waals surface area contributed by atoms with Crippen LogP contribution < -0.4 is 5.73 Å². The molecule has 0 saturated carbocycles. The molecule has 116 valence electrons. The lowest BCUT2D eigenvalue weighted by Gasteiger charge is -2.36. The van der Waals surface area contributed by atoms with Crippen molar-refractivity contribution >= 4 is 11.8 Å². The molecule has 0 aromatic carbocycles. The first-order valence-electron chi connectivity index (χ1n) is 7.42. The van der Waals surface area contributed by atoms with Crippen molar-refractivity contribution in [3.8, 4) is 0 Å². The van der Waals surface area contributed by atoms with Crippen LogP contribution in [0.2, 0.25) is 0 Å². The zero-order chi connectivity index (χ0) is 15.6. The Balaban J connectivity index is 2.18. The van der Waals surface area contributed by atoms with Crippen LogP contribution >= 0.6 is 0 Å². The van der Waals surface area contributed by atoms with Gasteiger partial charge in [-0.15, -0.1) is 0 Å². The van der Waals surface area contributed by atoms with Gasteiger partial charge in [-0.05, 0) is 30.7 Å². The highest BCUT2D eigenvalue weighted by molar-refractivity contribution is 5.90. The summed E-state index contributed by atoms with van der Waals surface area (Å²) >= 11 is 0. The number of nitrogens with two attached hydrogens (primary N) is 1. The van der Waals surface area contributed by atoms with Gasteiger partial charge in [0.25, 0.3) is 5.91 Å². The second kappa shape index (κ2) is 5.87. The van der Waals surface area contributed by atoms with Crippen molar-refractivity contribution in [3.63, 3.8) is 0 Å². The maximum Gasteiger partial charge on any atom is 0.269 e. The van der Waals surface area contributed by atoms with E-state index in [1.54, 1.807) is 6.07 Å². The molecule has 0 aliphatic carbocycles. The number of nitrogens with zero attached hydrogens (tertiary/aromatic N) is 2. The van der Waals surface area contributed by atoms with Crippen molar-refractivity contribution in [1.82, 2.24) is 15.1 Å². The predicted molar refractivity (Wildman–Crippen MR) is 79.5 cm³/mol. The van der Waals surface area contributed by atoms with Crippen molar-refractivity contribution in [1.29, 1.82) is 0 Å². The average Bonchev–Trinajstić information content (AvgIpc) is 2.86. The number of likely N-dealkylation sites (tertiary alicyclic amines) is 1. The van der Waals surface area contributed by atoms with Gasteiger partial charge in [0.15, 0.2) is 0 Å². The van der Waals surface area contributed by atoms with Crippen LogP contribution in [0.3, 0.4) is 0 Å². The van der Waals surface area contributed by atoms with Crippen LogP contribution in [0, 0.1) is 5.41 Å². The average molecular weight is 292 g/mol. The summed E-state index contributed by atoms with van der Waals surface area (Å²) in [6, 6.07) is 1.63. The number of carbonyl (C=O) groups excluding carboxylic acids is 2. The second-order valence-electron chi connectivity index (χ2n) is 6.91. The van der Waals surface area contributed by atoms with Crippen LogP contribution in [0.1, 0.15) is 68.7 Å². The van der Waals surface area contributed by atoms with Crippen LogP contribution in [0.4, 0.5) is 0 Å². The number of H-pyrrole nitrogens is 1. The molecule has 1 atom stereocenters. The molecule has 6 heteroatoms. The molecule has 2 amide bonds. The predicted octanol–water partition coefficient (Wildman–Crippen LogP) is 2.00. The number of piperidine rings is 1. The molecular weight excluding hydrogens is 268 g/mol. The molecular formula is C15H24N4O2. The number of amides is 2. The van der Waals surface area contributed by atoms with Crippen molar-refractivity contribution in [2.24, 2.45) is 11.1 Å². The minimum Gasteiger partial charge on any atom is -0.364 e. The summed E-state index contributed by atoms with van der Waals surface area (Å²) in [6.45, 7) is 6.94. The third-order valence-corrected chi connectivity index (χ3v) is 3.71. The van der Waals surface area contributed by atoms with E-state index >= 15 is 0 Å². The van der Waals surface area contributed by atoms with E-state index in [9.17, 15) is 9.59 Å². The highest BCUT2D eigenvalue weighted by Crippen LogP contribution is 2.32. The Labute approximate surface area is 125 Å². The Hall–Kier alpha value is -1.85. The number of nitrogens with one attached hydrogen (secondary N) is 1. The smallest absolute Gasteiger partial charge is 0.269 e. The fourth-order valence-corrected chi connectivity index (χ4v) is 2.74. The fraction of sp³-hybridized carbons (Fsp3) is 0.667. The molecule has 21 heavy (non-hydrogen) atoms. The Morgan fingerprint density at radius 1 is 1.43 bits per heavy atom. The van der Waals surface area contributed by atoms with E-state index in [-0.39, 0.29) is 23.1 Å². The summed E-state index contributed by atoms with van der Waals surface area (Å²) in [6.07, 6.45) is 3.48. The fourth-order valence-electron chi connectivity index (χ4n) is 2.74. The van der Waals surface area contributed by atoms with E-state index < -0.39 is 5.91 Å². The van der Waals surface area contributed by atoms with Crippen LogP contribution in [0.15, 0.2) is 6.07 Å². The third kappa shape index (κ3) is 3.83. The molecule has 6 nitrogen and oxygen atoms in total. The lowest BCUT2D eigenvalue weighted by molar-refractivity contribution is -0.137. The highest BCUT2D eigenvalue weighted by Gasteiger charge is 2.31. The largest absolute Gasteiger partial charge is 0.364 e. The molecule has 0 radical (unpaired) electrons. The van der Waals surface area contributed by atoms with Crippen molar-refractivity contribution in [2.75, 3.05) is 6.54 Å². The molecule has 3 N–H and O–H groups in total. The van der Waals surface area contributed by atoms with Gasteiger partial charge in [-0.3, -0.25) is 14.7 Å². The molecule has 0 bridgehead atoms. The Morgan fingerprint density at radius 2 is 2.14 bits per heavy atom. The maximum absolute atomic E-state index is 12.5. The van der Waals surface area contributed by atoms with E-state index in [0.29, 0.717) is 6.42 Å². The zero-order valence-corrected chi connectivity index (χ0v) is 13.0. The van der Waals surface area contributed by atoms with E-state index in [4.69, 9.17) is 5.73 Å². The summed E-state index contributed by atoms with van der Waals surface area (Å²) in [5.41, 5.74) is 6.21. The van der Waals surface area contributed by atoms with Crippen LogP contribution in [-0.2, 0) is 4.79 Å². The summed E-state index contributed by atoms with van der Waals surface area (Å²) in [5.74, 6) is -0.400. The Morgan fingerprint density at radius 3 is 2.71 bits per heavy atom. The van der Waals surface area contributed by atoms with Gasteiger partial charge in [0.05, 0.1) is 11.7 Å². The topological polar surface area (TPSA) is 92.1 Å². The molecule has 1 saturated heterocycles. The van der Waals surface area contributed by atoms with E-state index in [1.807, 2.05) is 4.90 Å². The number of aromatic nitrogens is 2. The van der Waals surface area contributed by atoms with E-state index in [1.165, 1.54) is 0 Å². The standard InChI is InChI=1S/C15H24N4O2/c1-15(2,3)9-13(20)19-7-5-4-6-12(19)10-8-11(14(16)21)18-17-10/h8,12H,4-7,9H2,1-3H3,(H2,16,21)(H,17,18). The van der Waals surface area contributed by atoms with Crippen molar-refractivity contribution < 1.29 is 9.59 Å². The van der Waals surface area contributed by atoms with Gasteiger partial charge in [-0.25, -0.2) is 0 Å². The van der Waals surface area contributed by atoms with Gasteiger partial charge in [-0.2, -0.15) is 5.10 Å². The first-order chi connectivity index (χ1) is 9.78. The van der Waals surface area contributed by atoms with Gasteiger partial charge < -0.3 is 10.6 Å². The van der Waals surface area contributed by atoms with E-state index in [0.717, 1.165) is 31.5 Å². The number of aromatic amines is 1. The molecule has 1 aromatic rings. The first kappa shape index (κ1) is 15.5. The maximum atomic E-state index is 12.5. The lowest BCUT2D eigenvalue weighted by atomic mass is 9.90. The van der Waals surface area contributed by atoms with Crippen molar-refractivity contribution in [3.05, 3.63) is 17.5 Å². The van der Waals surface area contributed by atoms with Crippen LogP contribution in [-0.4, -0.2) is 33.5 Å². The lowest BCUT2D eigenvalue weighted by Crippen LogP contribution is -2.40. The Bertz CT molecular complexity index is 530. The van der Waals surface area contributed by atoms with Gasteiger partial charge in [-0.1, -0.05) is 20.8 Å². The molecule has 2 heterocycles. The SMILES string of the molecule is CC(C)(C)CC(=O)N1CCCCC1c1cc(C(N)=O)n[nH]1. The zero-order valence-electron chi connectivity index (χ0n) is 13.0. The summed E-state index contributed by atoms with van der Waals surface area (Å²) in [7, 11) is 0. The minimum atomic E-state index is -0.555. The van der Waals surface area contributed by atoms with E-state index in [2.05, 4.69) is 31.0 Å².